The monoisotopic (exact) mass is 265 g/mol. The summed E-state index contributed by atoms with van der Waals surface area (Å²) in [7, 11) is 3.81. The van der Waals surface area contributed by atoms with Crippen LogP contribution in [0.2, 0.25) is 0 Å². The van der Waals surface area contributed by atoms with Crippen molar-refractivity contribution in [1.82, 2.24) is 4.90 Å². The van der Waals surface area contributed by atoms with E-state index in [1.807, 2.05) is 67.7 Å². The molecule has 0 saturated heterocycles. The Balaban J connectivity index is 2.27. The fourth-order valence-electron chi connectivity index (χ4n) is 2.29. The maximum atomic E-state index is 12.8. The van der Waals surface area contributed by atoms with Gasteiger partial charge in [-0.05, 0) is 18.2 Å². The molecule has 1 aliphatic heterocycles. The van der Waals surface area contributed by atoms with Gasteiger partial charge in [-0.25, -0.2) is 0 Å². The number of allylic oxidation sites excluding steroid dienone is 1. The largest absolute Gasteiger partial charge is 0.456 e. The van der Waals surface area contributed by atoms with E-state index in [2.05, 4.69) is 0 Å². The van der Waals surface area contributed by atoms with E-state index in [0.29, 0.717) is 22.6 Å². The van der Waals surface area contributed by atoms with Crippen molar-refractivity contribution in [2.24, 2.45) is 0 Å². The van der Waals surface area contributed by atoms with Crippen molar-refractivity contribution < 1.29 is 9.53 Å². The van der Waals surface area contributed by atoms with Crippen molar-refractivity contribution in [3.8, 4) is 11.5 Å². The van der Waals surface area contributed by atoms with Gasteiger partial charge in [0.15, 0.2) is 5.78 Å². The number of para-hydroxylation sites is 2. The van der Waals surface area contributed by atoms with Crippen LogP contribution in [-0.2, 0) is 0 Å². The molecule has 2 aromatic rings. The molecule has 1 heterocycles. The average Bonchev–Trinajstić information content (AvgIpc) is 2.55. The molecule has 3 heteroatoms. The molecule has 0 atom stereocenters. The molecule has 20 heavy (non-hydrogen) atoms. The van der Waals surface area contributed by atoms with Crippen LogP contribution in [0.1, 0.15) is 15.9 Å². The third kappa shape index (κ3) is 2.07. The summed E-state index contributed by atoms with van der Waals surface area (Å²) < 4.78 is 5.90. The van der Waals surface area contributed by atoms with Crippen molar-refractivity contribution in [1.29, 1.82) is 0 Å². The lowest BCUT2D eigenvalue weighted by molar-refractivity contribution is 0.105. The van der Waals surface area contributed by atoms with Gasteiger partial charge in [-0.1, -0.05) is 30.3 Å². The zero-order chi connectivity index (χ0) is 14.1. The maximum Gasteiger partial charge on any atom is 0.198 e. The van der Waals surface area contributed by atoms with Crippen LogP contribution < -0.4 is 4.74 Å². The Morgan fingerprint density at radius 1 is 0.900 bits per heavy atom. The number of carbonyl (C=O) groups is 1. The molecule has 0 radical (unpaired) electrons. The second kappa shape index (κ2) is 4.85. The highest BCUT2D eigenvalue weighted by molar-refractivity contribution is 6.30. The average molecular weight is 265 g/mol. The molecule has 0 fully saturated rings. The van der Waals surface area contributed by atoms with Gasteiger partial charge in [0.1, 0.15) is 11.5 Å². The lowest BCUT2D eigenvalue weighted by Crippen LogP contribution is -2.08. The van der Waals surface area contributed by atoms with Gasteiger partial charge in [-0.2, -0.15) is 0 Å². The Bertz CT molecular complexity index is 702. The Morgan fingerprint density at radius 2 is 1.45 bits per heavy atom. The van der Waals surface area contributed by atoms with Crippen LogP contribution in [0.15, 0.2) is 54.7 Å². The number of ether oxygens (including phenoxy) is 1. The zero-order valence-corrected chi connectivity index (χ0v) is 11.5. The van der Waals surface area contributed by atoms with Gasteiger partial charge in [0.2, 0.25) is 0 Å². The van der Waals surface area contributed by atoms with Crippen LogP contribution in [-0.4, -0.2) is 24.8 Å². The van der Waals surface area contributed by atoms with Crippen LogP contribution in [0, 0.1) is 0 Å². The molecule has 0 amide bonds. The standard InChI is InChI=1S/C17H15NO2/c1-18(2)11-14-12-7-3-5-9-15(12)20-16-10-6-4-8-13(16)17(14)19/h3-11H,1-2H3/b14-11+. The zero-order valence-electron chi connectivity index (χ0n) is 11.5. The fraction of sp³-hybridized carbons (Fsp3) is 0.118. The van der Waals surface area contributed by atoms with E-state index in [1.54, 1.807) is 6.07 Å². The first-order chi connectivity index (χ1) is 9.66. The highest BCUT2D eigenvalue weighted by Crippen LogP contribution is 2.38. The van der Waals surface area contributed by atoms with Crippen LogP contribution in [0.4, 0.5) is 0 Å². The molecular formula is C17H15NO2. The van der Waals surface area contributed by atoms with Crippen LogP contribution in [0.5, 0.6) is 11.5 Å². The molecule has 0 aromatic heterocycles. The third-order valence-electron chi connectivity index (χ3n) is 3.16. The molecule has 0 aliphatic carbocycles. The molecule has 0 spiro atoms. The summed E-state index contributed by atoms with van der Waals surface area (Å²) in [6.45, 7) is 0. The molecule has 0 N–H and O–H groups in total. The van der Waals surface area contributed by atoms with E-state index < -0.39 is 0 Å². The number of benzene rings is 2. The third-order valence-corrected chi connectivity index (χ3v) is 3.16. The van der Waals surface area contributed by atoms with Gasteiger partial charge in [-0.3, -0.25) is 4.79 Å². The fourth-order valence-corrected chi connectivity index (χ4v) is 2.29. The first kappa shape index (κ1) is 12.5. The summed E-state index contributed by atoms with van der Waals surface area (Å²) in [6, 6.07) is 15.0. The van der Waals surface area contributed by atoms with Crippen molar-refractivity contribution in [3.05, 3.63) is 65.9 Å². The van der Waals surface area contributed by atoms with E-state index in [-0.39, 0.29) is 5.78 Å². The Morgan fingerprint density at radius 3 is 2.10 bits per heavy atom. The highest BCUT2D eigenvalue weighted by Gasteiger charge is 2.25. The molecule has 2 aromatic carbocycles. The molecule has 100 valence electrons. The van der Waals surface area contributed by atoms with Crippen LogP contribution in [0.25, 0.3) is 5.57 Å². The summed E-state index contributed by atoms with van der Waals surface area (Å²) in [6.07, 6.45) is 1.84. The second-order valence-electron chi connectivity index (χ2n) is 4.93. The Kier molecular flexibility index (Phi) is 3.03. The lowest BCUT2D eigenvalue weighted by Gasteiger charge is -2.11. The van der Waals surface area contributed by atoms with E-state index in [4.69, 9.17) is 4.74 Å². The quantitative estimate of drug-likeness (QED) is 0.738. The maximum absolute atomic E-state index is 12.8. The molecule has 1 aliphatic rings. The molecular weight excluding hydrogens is 250 g/mol. The van der Waals surface area contributed by atoms with Gasteiger partial charge in [0, 0.05) is 31.4 Å². The van der Waals surface area contributed by atoms with Gasteiger partial charge in [0.25, 0.3) is 0 Å². The summed E-state index contributed by atoms with van der Waals surface area (Å²) >= 11 is 0. The molecule has 3 rings (SSSR count). The number of rotatable bonds is 1. The van der Waals surface area contributed by atoms with Crippen molar-refractivity contribution in [3.63, 3.8) is 0 Å². The smallest absolute Gasteiger partial charge is 0.198 e. The van der Waals surface area contributed by atoms with E-state index in [9.17, 15) is 4.79 Å². The Hall–Kier alpha value is -2.55. The van der Waals surface area contributed by atoms with Gasteiger partial charge < -0.3 is 9.64 Å². The molecule has 0 bridgehead atoms. The normalized spacial score (nSPS) is 15.1. The van der Waals surface area contributed by atoms with Crippen molar-refractivity contribution in [2.75, 3.05) is 14.1 Å². The van der Waals surface area contributed by atoms with E-state index in [1.165, 1.54) is 0 Å². The number of hydrogen-bond donors (Lipinski definition) is 0. The van der Waals surface area contributed by atoms with E-state index in [0.717, 1.165) is 5.56 Å². The highest BCUT2D eigenvalue weighted by atomic mass is 16.5. The topological polar surface area (TPSA) is 29.5 Å². The summed E-state index contributed by atoms with van der Waals surface area (Å²) in [5.41, 5.74) is 2.06. The first-order valence-electron chi connectivity index (χ1n) is 6.46. The van der Waals surface area contributed by atoms with Crippen molar-refractivity contribution >= 4 is 11.4 Å². The van der Waals surface area contributed by atoms with Crippen molar-refractivity contribution in [2.45, 2.75) is 0 Å². The summed E-state index contributed by atoms with van der Waals surface area (Å²) in [4.78, 5) is 14.6. The Labute approximate surface area is 118 Å². The summed E-state index contributed by atoms with van der Waals surface area (Å²) in [5.74, 6) is 1.30. The predicted molar refractivity (Wildman–Crippen MR) is 79.0 cm³/mol. The molecule has 0 unspecified atom stereocenters. The number of ketones is 1. The van der Waals surface area contributed by atoms with Gasteiger partial charge >= 0.3 is 0 Å². The van der Waals surface area contributed by atoms with Gasteiger partial charge in [-0.15, -0.1) is 0 Å². The minimum atomic E-state index is -0.0146. The SMILES string of the molecule is CN(C)/C=C1/C(=O)c2ccccc2Oc2ccccc21. The summed E-state index contributed by atoms with van der Waals surface area (Å²) in [5, 5.41) is 0. The number of fused-ring (bicyclic) bond motifs is 2. The predicted octanol–water partition coefficient (Wildman–Crippen LogP) is 3.58. The number of carbonyl (C=O) groups excluding carboxylic acids is 1. The first-order valence-corrected chi connectivity index (χ1v) is 6.46. The number of nitrogens with zero attached hydrogens (tertiary/aromatic N) is 1. The molecule has 3 nitrogen and oxygen atoms in total. The van der Waals surface area contributed by atoms with Crippen LogP contribution in [0.3, 0.4) is 0 Å². The minimum Gasteiger partial charge on any atom is -0.456 e. The van der Waals surface area contributed by atoms with Gasteiger partial charge in [0.05, 0.1) is 5.56 Å². The molecule has 0 saturated carbocycles. The number of hydrogen-bond acceptors (Lipinski definition) is 3. The number of Topliss-reactive ketones (excluding diaryl/α,β-unsaturated/α-hetero) is 1. The lowest BCUT2D eigenvalue weighted by atomic mass is 9.97. The van der Waals surface area contributed by atoms with Crippen LogP contribution >= 0.6 is 0 Å². The second-order valence-corrected chi connectivity index (χ2v) is 4.93. The minimum absolute atomic E-state index is 0.0146. The van der Waals surface area contributed by atoms with E-state index >= 15 is 0 Å².